The minimum absolute atomic E-state index is 0.123. The van der Waals surface area contributed by atoms with Crippen LogP contribution in [-0.4, -0.2) is 35.2 Å². The van der Waals surface area contributed by atoms with E-state index in [0.717, 1.165) is 29.7 Å². The summed E-state index contributed by atoms with van der Waals surface area (Å²) < 4.78 is 6.16. The highest BCUT2D eigenvalue weighted by Crippen LogP contribution is 2.29. The molecule has 1 saturated heterocycles. The highest BCUT2D eigenvalue weighted by atomic mass is 35.5. The summed E-state index contributed by atoms with van der Waals surface area (Å²) in [6.07, 6.45) is 3.55. The Morgan fingerprint density at radius 3 is 2.50 bits per heavy atom. The van der Waals surface area contributed by atoms with E-state index in [1.54, 1.807) is 11.3 Å². The van der Waals surface area contributed by atoms with E-state index in [1.165, 1.54) is 0 Å². The monoisotopic (exact) mass is 430 g/mol. The second-order valence-electron chi connectivity index (χ2n) is 8.70. The van der Waals surface area contributed by atoms with Crippen LogP contribution in [0.1, 0.15) is 46.2 Å². The largest absolute Gasteiger partial charge is 0.372 e. The predicted octanol–water partition coefficient (Wildman–Crippen LogP) is 5.52. The molecule has 0 N–H and O–H groups in total. The number of piperidine rings is 1. The fourth-order valence-electron chi connectivity index (χ4n) is 3.20. The van der Waals surface area contributed by atoms with Crippen molar-refractivity contribution in [2.45, 2.75) is 53.2 Å². The van der Waals surface area contributed by atoms with Crippen LogP contribution in [0.2, 0.25) is 5.02 Å². The number of pyridine rings is 1. The van der Waals surface area contributed by atoms with Gasteiger partial charge >= 0.3 is 5.97 Å². The van der Waals surface area contributed by atoms with Gasteiger partial charge in [-0.2, -0.15) is 0 Å². The van der Waals surface area contributed by atoms with Crippen LogP contribution in [0.5, 0.6) is 0 Å². The first-order valence-electron chi connectivity index (χ1n) is 10.6. The maximum Gasteiger partial charge on any atom is 0.330 e. The molecule has 1 aromatic carbocycles. The number of ether oxygens (including phenoxy) is 1. The summed E-state index contributed by atoms with van der Waals surface area (Å²) in [6.45, 7) is 9.74. The Kier molecular flexibility index (Phi) is 7.50. The molecule has 6 heteroatoms. The van der Waals surface area contributed by atoms with E-state index in [0.29, 0.717) is 24.7 Å². The molecule has 3 rings (SSSR count). The molecule has 0 bridgehead atoms. The van der Waals surface area contributed by atoms with Crippen molar-refractivity contribution in [3.63, 3.8) is 0 Å². The molecule has 2 aromatic rings. The van der Waals surface area contributed by atoms with Gasteiger partial charge in [0.2, 0.25) is 0 Å². The van der Waals surface area contributed by atoms with Gasteiger partial charge in [-0.05, 0) is 56.4 Å². The van der Waals surface area contributed by atoms with Crippen molar-refractivity contribution in [2.75, 3.05) is 13.1 Å². The number of nitrogens with zero attached hydrogens (tertiary/aromatic N) is 2. The number of rotatable bonds is 7. The molecule has 0 spiro atoms. The van der Waals surface area contributed by atoms with E-state index in [9.17, 15) is 4.79 Å². The zero-order chi connectivity index (χ0) is 21.7. The van der Waals surface area contributed by atoms with E-state index in [4.69, 9.17) is 21.2 Å². The molecular weight excluding hydrogens is 400 g/mol. The molecule has 162 valence electrons. The first-order chi connectivity index (χ1) is 14.3. The Morgan fingerprint density at radius 1 is 1.20 bits per heavy atom. The van der Waals surface area contributed by atoms with Crippen LogP contribution in [0.4, 0.5) is 0 Å². The van der Waals surface area contributed by atoms with Crippen LogP contribution in [0.25, 0.3) is 11.1 Å². The second kappa shape index (κ2) is 9.90. The third-order valence-corrected chi connectivity index (χ3v) is 6.34. The van der Waals surface area contributed by atoms with Gasteiger partial charge in [-0.3, -0.25) is 4.98 Å². The predicted molar refractivity (Wildman–Crippen MR) is 119 cm³/mol. The van der Waals surface area contributed by atoms with Crippen molar-refractivity contribution in [3.05, 3.63) is 53.3 Å². The maximum atomic E-state index is 12.4. The maximum absolute atomic E-state index is 12.4. The molecule has 0 atom stereocenters. The van der Waals surface area contributed by atoms with Gasteiger partial charge < -0.3 is 9.57 Å². The van der Waals surface area contributed by atoms with Gasteiger partial charge in [0, 0.05) is 29.9 Å². The molecule has 0 amide bonds. The standard InChI is InChI=1S/C24H31ClN2O3/c1-17(2)24(3,4)23(28)30-27-14-11-20(12-15-27)29-16-22-21(6-5-13-26-22)18-7-9-19(25)10-8-18/h5-10,13,17,20H,11-12,14-16H2,1-4H3. The van der Waals surface area contributed by atoms with Crippen molar-refractivity contribution < 1.29 is 14.4 Å². The Balaban J connectivity index is 1.52. The SMILES string of the molecule is CC(C)C(C)(C)C(=O)ON1CCC(OCc2ncccc2-c2ccc(Cl)cc2)CC1. The Hall–Kier alpha value is -1.95. The number of hydrogen-bond donors (Lipinski definition) is 0. The lowest BCUT2D eigenvalue weighted by atomic mass is 9.81. The number of hydrogen-bond acceptors (Lipinski definition) is 5. The minimum atomic E-state index is -0.496. The number of carbonyl (C=O) groups is 1. The zero-order valence-corrected chi connectivity index (χ0v) is 19.0. The third-order valence-electron chi connectivity index (χ3n) is 6.08. The Bertz CT molecular complexity index is 844. The molecule has 5 nitrogen and oxygen atoms in total. The van der Waals surface area contributed by atoms with E-state index < -0.39 is 5.41 Å². The van der Waals surface area contributed by atoms with Gasteiger partial charge in [0.1, 0.15) is 0 Å². The summed E-state index contributed by atoms with van der Waals surface area (Å²) >= 11 is 6.01. The average Bonchev–Trinajstić information content (AvgIpc) is 2.74. The molecule has 1 fully saturated rings. The van der Waals surface area contributed by atoms with Crippen LogP contribution in [-0.2, 0) is 21.0 Å². The summed E-state index contributed by atoms with van der Waals surface area (Å²) in [5, 5.41) is 2.48. The highest BCUT2D eigenvalue weighted by molar-refractivity contribution is 6.30. The molecule has 30 heavy (non-hydrogen) atoms. The fraction of sp³-hybridized carbons (Fsp3) is 0.500. The zero-order valence-electron chi connectivity index (χ0n) is 18.2. The van der Waals surface area contributed by atoms with Crippen LogP contribution < -0.4 is 0 Å². The van der Waals surface area contributed by atoms with Crippen molar-refractivity contribution in [1.82, 2.24) is 10.0 Å². The fourth-order valence-corrected chi connectivity index (χ4v) is 3.33. The van der Waals surface area contributed by atoms with Crippen molar-refractivity contribution in [1.29, 1.82) is 0 Å². The van der Waals surface area contributed by atoms with Crippen molar-refractivity contribution >= 4 is 17.6 Å². The van der Waals surface area contributed by atoms with Crippen LogP contribution in [0.15, 0.2) is 42.6 Å². The van der Waals surface area contributed by atoms with Gasteiger partial charge in [-0.1, -0.05) is 43.6 Å². The number of benzene rings is 1. The average molecular weight is 431 g/mol. The molecule has 0 unspecified atom stereocenters. The molecule has 1 aromatic heterocycles. The topological polar surface area (TPSA) is 51.7 Å². The van der Waals surface area contributed by atoms with Gasteiger partial charge in [-0.25, -0.2) is 4.79 Å². The van der Waals surface area contributed by atoms with Crippen LogP contribution in [0, 0.1) is 11.3 Å². The quantitative estimate of drug-likeness (QED) is 0.578. The molecular formula is C24H31ClN2O3. The van der Waals surface area contributed by atoms with Crippen molar-refractivity contribution in [2.24, 2.45) is 11.3 Å². The van der Waals surface area contributed by atoms with Crippen LogP contribution >= 0.6 is 11.6 Å². The van der Waals surface area contributed by atoms with E-state index in [1.807, 2.05) is 64.1 Å². The van der Waals surface area contributed by atoms with Gasteiger partial charge in [0.05, 0.1) is 23.8 Å². The molecule has 0 aliphatic carbocycles. The number of hydroxylamine groups is 2. The van der Waals surface area contributed by atoms with Gasteiger partial charge in [0.15, 0.2) is 0 Å². The molecule has 1 aliphatic heterocycles. The number of aromatic nitrogens is 1. The Morgan fingerprint density at radius 2 is 1.87 bits per heavy atom. The molecule has 0 radical (unpaired) electrons. The van der Waals surface area contributed by atoms with Crippen LogP contribution in [0.3, 0.4) is 0 Å². The summed E-state index contributed by atoms with van der Waals surface area (Å²) in [5.41, 5.74) is 2.54. The first-order valence-corrected chi connectivity index (χ1v) is 10.9. The minimum Gasteiger partial charge on any atom is -0.372 e. The molecule has 1 aliphatic rings. The van der Waals surface area contributed by atoms with E-state index >= 15 is 0 Å². The number of halogens is 1. The summed E-state index contributed by atoms with van der Waals surface area (Å²) in [6, 6.07) is 11.7. The first kappa shape index (κ1) is 22.7. The summed E-state index contributed by atoms with van der Waals surface area (Å²) in [5.74, 6) is 0.0528. The Labute approximate surface area is 184 Å². The highest BCUT2D eigenvalue weighted by Gasteiger charge is 2.35. The summed E-state index contributed by atoms with van der Waals surface area (Å²) in [4.78, 5) is 22.6. The lowest BCUT2D eigenvalue weighted by molar-refractivity contribution is -0.212. The molecule has 2 heterocycles. The normalized spacial score (nSPS) is 16.1. The lowest BCUT2D eigenvalue weighted by Crippen LogP contribution is -2.42. The van der Waals surface area contributed by atoms with Gasteiger partial charge in [0.25, 0.3) is 0 Å². The second-order valence-corrected chi connectivity index (χ2v) is 9.14. The van der Waals surface area contributed by atoms with E-state index in [2.05, 4.69) is 4.98 Å². The summed E-state index contributed by atoms with van der Waals surface area (Å²) in [7, 11) is 0. The van der Waals surface area contributed by atoms with Crippen molar-refractivity contribution in [3.8, 4) is 11.1 Å². The van der Waals surface area contributed by atoms with E-state index in [-0.39, 0.29) is 18.0 Å². The smallest absolute Gasteiger partial charge is 0.330 e. The third kappa shape index (κ3) is 5.60. The number of carbonyl (C=O) groups excluding carboxylic acids is 1. The lowest BCUT2D eigenvalue weighted by Gasteiger charge is -2.34. The van der Waals surface area contributed by atoms with Gasteiger partial charge in [-0.15, -0.1) is 5.06 Å². The molecule has 0 saturated carbocycles.